The molecule has 0 saturated heterocycles. The minimum Gasteiger partial charge on any atom is -0.309 e. The average molecular weight is 576 g/mol. The van der Waals surface area contributed by atoms with Gasteiger partial charge in [-0.3, -0.25) is 0 Å². The number of rotatable bonds is 3. The first kappa shape index (κ1) is 25.0. The molecule has 0 atom stereocenters. The lowest BCUT2D eigenvalue weighted by Crippen LogP contribution is -1.96. The highest BCUT2D eigenvalue weighted by atomic mass is 32.2. The van der Waals surface area contributed by atoms with Gasteiger partial charge in [-0.15, -0.1) is 0 Å². The van der Waals surface area contributed by atoms with E-state index in [1.165, 1.54) is 65.0 Å². The van der Waals surface area contributed by atoms with Crippen LogP contribution in [-0.4, -0.2) is 4.57 Å². The van der Waals surface area contributed by atoms with Crippen molar-refractivity contribution < 1.29 is 0 Å². The molecule has 0 saturated carbocycles. The van der Waals surface area contributed by atoms with Gasteiger partial charge in [0.25, 0.3) is 0 Å². The van der Waals surface area contributed by atoms with Crippen LogP contribution in [0.3, 0.4) is 0 Å². The van der Waals surface area contributed by atoms with Crippen LogP contribution in [0.2, 0.25) is 0 Å². The van der Waals surface area contributed by atoms with Gasteiger partial charge in [0, 0.05) is 26.3 Å². The van der Waals surface area contributed by atoms with Crippen LogP contribution >= 0.6 is 11.8 Å². The fourth-order valence-electron chi connectivity index (χ4n) is 6.65. The van der Waals surface area contributed by atoms with Crippen molar-refractivity contribution in [1.82, 2.24) is 4.57 Å². The van der Waals surface area contributed by atoms with E-state index >= 15 is 0 Å². The molecule has 0 N–H and O–H groups in total. The van der Waals surface area contributed by atoms with Crippen molar-refractivity contribution >= 4 is 33.6 Å². The molecule has 0 amide bonds. The smallest absolute Gasteiger partial charge is 0.0552 e. The maximum absolute atomic E-state index is 3.15. The second kappa shape index (κ2) is 10.1. The van der Waals surface area contributed by atoms with E-state index in [4.69, 9.17) is 0 Å². The van der Waals surface area contributed by atoms with Gasteiger partial charge in [0.1, 0.15) is 0 Å². The highest BCUT2D eigenvalue weighted by molar-refractivity contribution is 7.99. The lowest BCUT2D eigenvalue weighted by molar-refractivity contribution is 1.18. The van der Waals surface area contributed by atoms with Crippen molar-refractivity contribution in [2.24, 2.45) is 0 Å². The van der Waals surface area contributed by atoms with Crippen LogP contribution < -0.4 is 0 Å². The molecular formula is C42H25NS. The monoisotopic (exact) mass is 575 g/mol. The molecule has 1 aliphatic rings. The average Bonchev–Trinajstić information content (AvgIpc) is 3.34. The van der Waals surface area contributed by atoms with Crippen molar-refractivity contribution in [3.63, 3.8) is 0 Å². The second-order valence-corrected chi connectivity index (χ2v) is 12.3. The first-order valence-corrected chi connectivity index (χ1v) is 15.7. The van der Waals surface area contributed by atoms with Gasteiger partial charge in [0.2, 0.25) is 0 Å². The molecular weight excluding hydrogens is 551 g/mol. The first-order chi connectivity index (χ1) is 21.8. The van der Waals surface area contributed by atoms with E-state index in [0.717, 1.165) is 16.8 Å². The molecule has 0 unspecified atom stereocenters. The van der Waals surface area contributed by atoms with Crippen molar-refractivity contribution in [2.45, 2.75) is 9.79 Å². The summed E-state index contributed by atoms with van der Waals surface area (Å²) in [6.45, 7) is 0. The predicted molar refractivity (Wildman–Crippen MR) is 184 cm³/mol. The molecule has 1 aliphatic heterocycles. The van der Waals surface area contributed by atoms with Crippen LogP contribution in [0.25, 0.3) is 72.0 Å². The van der Waals surface area contributed by atoms with E-state index in [-0.39, 0.29) is 0 Å². The highest BCUT2D eigenvalue weighted by Gasteiger charge is 2.23. The van der Waals surface area contributed by atoms with Gasteiger partial charge in [-0.05, 0) is 105 Å². The Morgan fingerprint density at radius 1 is 0.432 bits per heavy atom. The van der Waals surface area contributed by atoms with E-state index in [0.29, 0.717) is 0 Å². The topological polar surface area (TPSA) is 4.93 Å². The minimum atomic E-state index is 1.13. The summed E-state index contributed by atoms with van der Waals surface area (Å²) in [7, 11) is 0. The predicted octanol–water partition coefficient (Wildman–Crippen LogP) is 11.5. The molecule has 8 aromatic rings. The van der Waals surface area contributed by atoms with Crippen molar-refractivity contribution in [3.8, 4) is 50.2 Å². The summed E-state index contributed by atoms with van der Waals surface area (Å²) < 4.78 is 2.45. The van der Waals surface area contributed by atoms with Crippen molar-refractivity contribution in [2.75, 3.05) is 0 Å². The summed E-state index contributed by atoms with van der Waals surface area (Å²) in [6, 6.07) is 61.1. The van der Waals surface area contributed by atoms with E-state index in [1.807, 2.05) is 23.9 Å². The number of benzene rings is 6. The largest absolute Gasteiger partial charge is 0.309 e. The standard InChI is InChI=1S/C42H25NS/c1-3-13-28(14-4-1)30-23-31(29-15-5-2-6-16-29)25-32(24-30)43-39-21-11-9-19-35(39)37-26-38-34-18-8-7-17-33(34)36-20-10-12-22-41(36)44-42(38)27-40(37)43/h1,3-5,7-27H. The van der Waals surface area contributed by atoms with Gasteiger partial charge in [-0.1, -0.05) is 115 Å². The maximum atomic E-state index is 3.15. The van der Waals surface area contributed by atoms with E-state index in [1.54, 1.807) is 0 Å². The Morgan fingerprint density at radius 3 is 1.95 bits per heavy atom. The zero-order valence-electron chi connectivity index (χ0n) is 23.8. The molecule has 0 aliphatic carbocycles. The summed E-state index contributed by atoms with van der Waals surface area (Å²) in [5, 5.41) is 2.51. The number of fused-ring (bicyclic) bond motifs is 8. The molecule has 2 heteroatoms. The summed E-state index contributed by atoms with van der Waals surface area (Å²) in [6.07, 6.45) is 0. The molecule has 0 fully saturated rings. The molecule has 44 heavy (non-hydrogen) atoms. The zero-order chi connectivity index (χ0) is 29.0. The lowest BCUT2D eigenvalue weighted by atomic mass is 9.94. The molecule has 7 aromatic carbocycles. The molecule has 1 aromatic heterocycles. The Labute approximate surface area is 261 Å². The molecule has 1 nitrogen and oxygen atoms in total. The summed E-state index contributed by atoms with van der Waals surface area (Å²) in [4.78, 5) is 2.55. The van der Waals surface area contributed by atoms with Gasteiger partial charge >= 0.3 is 0 Å². The van der Waals surface area contributed by atoms with Crippen molar-refractivity contribution in [1.29, 1.82) is 0 Å². The maximum Gasteiger partial charge on any atom is 0.0552 e. The third-order valence-corrected chi connectivity index (χ3v) is 9.80. The Kier molecular flexibility index (Phi) is 5.73. The summed E-state index contributed by atoms with van der Waals surface area (Å²) in [5.41, 5.74) is 13.4. The van der Waals surface area contributed by atoms with Crippen LogP contribution in [0.15, 0.2) is 161 Å². The number of aromatic nitrogens is 1. The molecule has 0 bridgehead atoms. The van der Waals surface area contributed by atoms with Gasteiger partial charge in [-0.2, -0.15) is 0 Å². The zero-order valence-corrected chi connectivity index (χ0v) is 24.6. The van der Waals surface area contributed by atoms with Crippen LogP contribution in [0.4, 0.5) is 0 Å². The van der Waals surface area contributed by atoms with Crippen molar-refractivity contribution in [3.05, 3.63) is 164 Å². The minimum absolute atomic E-state index is 1.13. The Hall–Kier alpha value is -5.49. The Morgan fingerprint density at radius 2 is 1.14 bits per heavy atom. The van der Waals surface area contributed by atoms with Crippen LogP contribution in [-0.2, 0) is 0 Å². The molecule has 0 radical (unpaired) electrons. The van der Waals surface area contributed by atoms with Crippen LogP contribution in [0.5, 0.6) is 0 Å². The van der Waals surface area contributed by atoms with E-state index in [2.05, 4.69) is 156 Å². The third kappa shape index (κ3) is 3.98. The van der Waals surface area contributed by atoms with Gasteiger partial charge in [0.15, 0.2) is 0 Å². The molecule has 9 rings (SSSR count). The van der Waals surface area contributed by atoms with Crippen LogP contribution in [0, 0.1) is 12.1 Å². The van der Waals surface area contributed by atoms with Gasteiger partial charge in [-0.25, -0.2) is 0 Å². The number of nitrogens with zero attached hydrogens (tertiary/aromatic N) is 1. The fraction of sp³-hybridized carbons (Fsp3) is 0. The second-order valence-electron chi connectivity index (χ2n) is 11.2. The molecule has 2 heterocycles. The summed E-state index contributed by atoms with van der Waals surface area (Å²) >= 11 is 1.87. The third-order valence-electron chi connectivity index (χ3n) is 8.66. The number of hydrogen-bond donors (Lipinski definition) is 0. The quantitative estimate of drug-likeness (QED) is 0.203. The first-order valence-electron chi connectivity index (χ1n) is 14.8. The number of hydrogen-bond acceptors (Lipinski definition) is 1. The van der Waals surface area contributed by atoms with Crippen LogP contribution in [0.1, 0.15) is 0 Å². The summed E-state index contributed by atoms with van der Waals surface area (Å²) in [5.74, 6) is 0. The van der Waals surface area contributed by atoms with E-state index < -0.39 is 0 Å². The number of para-hydroxylation sites is 1. The fourth-order valence-corrected chi connectivity index (χ4v) is 7.77. The van der Waals surface area contributed by atoms with Gasteiger partial charge < -0.3 is 4.57 Å². The highest BCUT2D eigenvalue weighted by Crippen LogP contribution is 2.50. The van der Waals surface area contributed by atoms with Gasteiger partial charge in [0.05, 0.1) is 11.0 Å². The molecule has 204 valence electrons. The molecule has 0 spiro atoms. The lowest BCUT2D eigenvalue weighted by Gasteiger charge is -2.15. The SMILES string of the molecule is c1ccc(-c2cc(-c3ccccc3)cc(-n3c4ccccc4c4cc5c(cc43)Sc3ccccc3-c3ccccc3-5)c2)cc#1. The Bertz CT molecular complexity index is 2290. The normalized spacial score (nSPS) is 11.8. The Balaban J connectivity index is 1.36. The van der Waals surface area contributed by atoms with E-state index in [9.17, 15) is 0 Å².